The maximum absolute atomic E-state index is 12.2. The Morgan fingerprint density at radius 1 is 1.26 bits per heavy atom. The zero-order valence-electron chi connectivity index (χ0n) is 12.4. The highest BCUT2D eigenvalue weighted by atomic mass is 16.5. The van der Waals surface area contributed by atoms with Crippen molar-refractivity contribution in [2.24, 2.45) is 5.92 Å². The van der Waals surface area contributed by atoms with Crippen LogP contribution in [0.2, 0.25) is 0 Å². The second kappa shape index (κ2) is 5.46. The Hall–Kier alpha value is -1.15. The first kappa shape index (κ1) is 14.3. The van der Waals surface area contributed by atoms with Gasteiger partial charge in [-0.15, -0.1) is 0 Å². The molecule has 1 heterocycles. The number of benzene rings is 1. The van der Waals surface area contributed by atoms with E-state index in [4.69, 9.17) is 4.74 Å². The molecule has 0 saturated carbocycles. The van der Waals surface area contributed by atoms with Gasteiger partial charge in [0.15, 0.2) is 5.78 Å². The lowest BCUT2D eigenvalue weighted by molar-refractivity contribution is -0.128. The summed E-state index contributed by atoms with van der Waals surface area (Å²) in [6.07, 6.45) is 1.29. The molecule has 1 aromatic rings. The largest absolute Gasteiger partial charge is 0.370 e. The Morgan fingerprint density at radius 3 is 2.37 bits per heavy atom. The van der Waals surface area contributed by atoms with Gasteiger partial charge in [0.2, 0.25) is 0 Å². The van der Waals surface area contributed by atoms with Crippen LogP contribution in [0.5, 0.6) is 0 Å². The van der Waals surface area contributed by atoms with Gasteiger partial charge >= 0.3 is 0 Å². The summed E-state index contributed by atoms with van der Waals surface area (Å²) in [5.74, 6) is 0.579. The van der Waals surface area contributed by atoms with Crippen LogP contribution in [0.15, 0.2) is 24.3 Å². The van der Waals surface area contributed by atoms with Crippen molar-refractivity contribution in [3.8, 4) is 0 Å². The van der Waals surface area contributed by atoms with Crippen LogP contribution in [-0.2, 0) is 21.4 Å². The van der Waals surface area contributed by atoms with Gasteiger partial charge in [0.1, 0.15) is 6.10 Å². The van der Waals surface area contributed by atoms with Crippen molar-refractivity contribution in [3.05, 3.63) is 35.4 Å². The molecule has 2 rings (SSSR count). The number of ketones is 1. The van der Waals surface area contributed by atoms with Gasteiger partial charge in [-0.3, -0.25) is 4.79 Å². The van der Waals surface area contributed by atoms with Crippen molar-refractivity contribution in [1.29, 1.82) is 0 Å². The highest BCUT2D eigenvalue weighted by Gasteiger charge is 2.30. The minimum atomic E-state index is -0.192. The summed E-state index contributed by atoms with van der Waals surface area (Å²) in [6, 6.07) is 8.39. The molecule has 0 amide bonds. The first-order valence-corrected chi connectivity index (χ1v) is 7.11. The zero-order valence-corrected chi connectivity index (χ0v) is 12.4. The van der Waals surface area contributed by atoms with Gasteiger partial charge in [0.05, 0.1) is 0 Å². The van der Waals surface area contributed by atoms with E-state index in [2.05, 4.69) is 52.0 Å². The maximum atomic E-state index is 12.2. The van der Waals surface area contributed by atoms with E-state index in [1.807, 2.05) is 0 Å². The number of Topliss-reactive ketones (excluding diaryl/α,β-unsaturated/α-hetero) is 1. The molecule has 0 aliphatic carbocycles. The lowest BCUT2D eigenvalue weighted by atomic mass is 9.86. The van der Waals surface area contributed by atoms with Crippen LogP contribution >= 0.6 is 0 Å². The molecule has 2 unspecified atom stereocenters. The molecule has 0 bridgehead atoms. The fraction of sp³-hybridized carbons (Fsp3) is 0.588. The highest BCUT2D eigenvalue weighted by Crippen LogP contribution is 2.24. The van der Waals surface area contributed by atoms with Gasteiger partial charge in [-0.1, -0.05) is 52.0 Å². The Balaban J connectivity index is 2.02. The lowest BCUT2D eigenvalue weighted by Crippen LogP contribution is -2.26. The standard InChI is InChI=1S/C17H24O2/c1-12-9-10-19-16(12)15(18)11-13-5-7-14(8-6-13)17(2,3)4/h5-8,12,16H,9-11H2,1-4H3. The highest BCUT2D eigenvalue weighted by molar-refractivity contribution is 5.85. The van der Waals surface area contributed by atoms with Crippen molar-refractivity contribution < 1.29 is 9.53 Å². The summed E-state index contributed by atoms with van der Waals surface area (Å²) in [4.78, 5) is 12.2. The second-order valence-electron chi connectivity index (χ2n) is 6.65. The van der Waals surface area contributed by atoms with Crippen LogP contribution in [0.1, 0.15) is 45.2 Å². The molecule has 1 fully saturated rings. The van der Waals surface area contributed by atoms with E-state index < -0.39 is 0 Å². The van der Waals surface area contributed by atoms with E-state index in [0.717, 1.165) is 18.6 Å². The van der Waals surface area contributed by atoms with Crippen molar-refractivity contribution >= 4 is 5.78 Å². The maximum Gasteiger partial charge on any atom is 0.166 e. The molecule has 1 saturated heterocycles. The molecule has 1 aromatic carbocycles. The molecule has 2 nitrogen and oxygen atoms in total. The third-order valence-corrected chi connectivity index (χ3v) is 3.90. The van der Waals surface area contributed by atoms with Crippen LogP contribution in [0.4, 0.5) is 0 Å². The fourth-order valence-corrected chi connectivity index (χ4v) is 2.53. The third kappa shape index (κ3) is 3.44. The predicted octanol–water partition coefficient (Wildman–Crippen LogP) is 3.52. The SMILES string of the molecule is CC1CCOC1C(=O)Cc1ccc(C(C)(C)C)cc1. The van der Waals surface area contributed by atoms with Crippen LogP contribution in [0, 0.1) is 5.92 Å². The van der Waals surface area contributed by atoms with Crippen molar-refractivity contribution in [2.75, 3.05) is 6.61 Å². The van der Waals surface area contributed by atoms with E-state index >= 15 is 0 Å². The number of rotatable bonds is 3. The van der Waals surface area contributed by atoms with Crippen molar-refractivity contribution in [2.45, 2.75) is 52.1 Å². The quantitative estimate of drug-likeness (QED) is 0.831. The topological polar surface area (TPSA) is 26.3 Å². The predicted molar refractivity (Wildman–Crippen MR) is 77.4 cm³/mol. The van der Waals surface area contributed by atoms with Gasteiger partial charge < -0.3 is 4.74 Å². The van der Waals surface area contributed by atoms with Gasteiger partial charge in [-0.25, -0.2) is 0 Å². The normalized spacial score (nSPS) is 23.6. The lowest BCUT2D eigenvalue weighted by Gasteiger charge is -2.19. The number of ether oxygens (including phenoxy) is 1. The molecule has 0 radical (unpaired) electrons. The number of carbonyl (C=O) groups excluding carboxylic acids is 1. The van der Waals surface area contributed by atoms with Crippen molar-refractivity contribution in [3.63, 3.8) is 0 Å². The molecule has 1 aliphatic rings. The minimum Gasteiger partial charge on any atom is -0.370 e. The Morgan fingerprint density at radius 2 is 1.89 bits per heavy atom. The molecule has 0 aromatic heterocycles. The summed E-state index contributed by atoms with van der Waals surface area (Å²) in [6.45, 7) is 9.41. The molecule has 19 heavy (non-hydrogen) atoms. The van der Waals surface area contributed by atoms with Crippen LogP contribution in [0.3, 0.4) is 0 Å². The molecule has 0 N–H and O–H groups in total. The van der Waals surface area contributed by atoms with Gasteiger partial charge in [0.25, 0.3) is 0 Å². The molecule has 2 heteroatoms. The van der Waals surface area contributed by atoms with E-state index in [-0.39, 0.29) is 17.3 Å². The Kier molecular flexibility index (Phi) is 4.10. The fourth-order valence-electron chi connectivity index (χ4n) is 2.53. The first-order chi connectivity index (χ1) is 8.88. The number of hydrogen-bond donors (Lipinski definition) is 0. The molecule has 2 atom stereocenters. The van der Waals surface area contributed by atoms with E-state index in [1.54, 1.807) is 0 Å². The van der Waals surface area contributed by atoms with Crippen LogP contribution < -0.4 is 0 Å². The summed E-state index contributed by atoms with van der Waals surface area (Å²) in [5.41, 5.74) is 2.54. The molecular formula is C17H24O2. The molecule has 1 aliphatic heterocycles. The number of carbonyl (C=O) groups is 1. The summed E-state index contributed by atoms with van der Waals surface area (Å²) < 4.78 is 5.53. The average molecular weight is 260 g/mol. The van der Waals surface area contributed by atoms with Gasteiger partial charge in [-0.2, -0.15) is 0 Å². The smallest absolute Gasteiger partial charge is 0.166 e. The second-order valence-corrected chi connectivity index (χ2v) is 6.65. The Labute approximate surface area is 116 Å². The first-order valence-electron chi connectivity index (χ1n) is 7.11. The van der Waals surface area contributed by atoms with E-state index in [1.165, 1.54) is 5.56 Å². The number of hydrogen-bond acceptors (Lipinski definition) is 2. The van der Waals surface area contributed by atoms with Crippen molar-refractivity contribution in [1.82, 2.24) is 0 Å². The zero-order chi connectivity index (χ0) is 14.0. The minimum absolute atomic E-state index is 0.158. The molecule has 104 valence electrons. The monoisotopic (exact) mass is 260 g/mol. The third-order valence-electron chi connectivity index (χ3n) is 3.90. The average Bonchev–Trinajstić information content (AvgIpc) is 2.75. The van der Waals surface area contributed by atoms with Gasteiger partial charge in [-0.05, 0) is 28.9 Å². The Bertz CT molecular complexity index is 439. The summed E-state index contributed by atoms with van der Waals surface area (Å²) in [7, 11) is 0. The van der Waals surface area contributed by atoms with Crippen LogP contribution in [0.25, 0.3) is 0 Å². The van der Waals surface area contributed by atoms with E-state index in [9.17, 15) is 4.79 Å². The molecule has 0 spiro atoms. The summed E-state index contributed by atoms with van der Waals surface area (Å²) >= 11 is 0. The summed E-state index contributed by atoms with van der Waals surface area (Å²) in [5, 5.41) is 0. The van der Waals surface area contributed by atoms with Gasteiger partial charge in [0, 0.05) is 13.0 Å². The molecular weight excluding hydrogens is 236 g/mol. The van der Waals surface area contributed by atoms with Crippen LogP contribution in [-0.4, -0.2) is 18.5 Å². The van der Waals surface area contributed by atoms with E-state index in [0.29, 0.717) is 12.3 Å².